The summed E-state index contributed by atoms with van der Waals surface area (Å²) in [5.41, 5.74) is 6.84. The van der Waals surface area contributed by atoms with Crippen molar-refractivity contribution >= 4 is 15.7 Å². The number of benzene rings is 2. The highest BCUT2D eigenvalue weighted by molar-refractivity contribution is 7.88. The van der Waals surface area contributed by atoms with Crippen molar-refractivity contribution in [1.82, 2.24) is 4.31 Å². The fraction of sp³-hybridized carbons (Fsp3) is 0.250. The molecule has 128 valence electrons. The molecule has 0 heterocycles. The van der Waals surface area contributed by atoms with E-state index in [9.17, 15) is 18.5 Å². The van der Waals surface area contributed by atoms with E-state index in [4.69, 9.17) is 5.73 Å². The van der Waals surface area contributed by atoms with E-state index in [2.05, 4.69) is 0 Å². The van der Waals surface area contributed by atoms with Gasteiger partial charge in [-0.2, -0.15) is 4.31 Å². The van der Waals surface area contributed by atoms with Crippen molar-refractivity contribution in [1.29, 1.82) is 0 Å². The van der Waals surface area contributed by atoms with Crippen LogP contribution in [-0.4, -0.2) is 30.7 Å². The second kappa shape index (κ2) is 8.00. The first kappa shape index (κ1) is 18.1. The molecule has 0 fully saturated rings. The molecule has 2 aromatic rings. The number of non-ortho nitro benzene ring substituents is 1. The average Bonchev–Trinajstić information content (AvgIpc) is 2.55. The van der Waals surface area contributed by atoms with Crippen LogP contribution in [0.2, 0.25) is 0 Å². The van der Waals surface area contributed by atoms with Crippen molar-refractivity contribution in [2.75, 3.05) is 13.1 Å². The minimum atomic E-state index is -3.59. The Balaban J connectivity index is 2.16. The first-order valence-corrected chi connectivity index (χ1v) is 8.98. The average molecular weight is 349 g/mol. The van der Waals surface area contributed by atoms with Crippen LogP contribution in [0.3, 0.4) is 0 Å². The fourth-order valence-corrected chi connectivity index (χ4v) is 3.79. The molecule has 0 aromatic heterocycles. The Labute approximate surface area is 140 Å². The Morgan fingerprint density at radius 3 is 2.17 bits per heavy atom. The first-order valence-electron chi connectivity index (χ1n) is 7.37. The predicted molar refractivity (Wildman–Crippen MR) is 91.6 cm³/mol. The molecule has 0 aliphatic carbocycles. The van der Waals surface area contributed by atoms with E-state index in [1.165, 1.54) is 28.6 Å². The molecule has 0 amide bonds. The van der Waals surface area contributed by atoms with Gasteiger partial charge in [0.15, 0.2) is 0 Å². The highest BCUT2D eigenvalue weighted by atomic mass is 32.2. The summed E-state index contributed by atoms with van der Waals surface area (Å²) in [6.07, 6.45) is 0. The number of hydrogen-bond acceptors (Lipinski definition) is 5. The van der Waals surface area contributed by atoms with E-state index in [1.54, 1.807) is 0 Å². The smallest absolute Gasteiger partial charge is 0.269 e. The number of rotatable bonds is 8. The number of nitro benzene ring substituents is 1. The van der Waals surface area contributed by atoms with Crippen LogP contribution in [0.25, 0.3) is 0 Å². The summed E-state index contributed by atoms with van der Waals surface area (Å²) in [6, 6.07) is 14.8. The zero-order valence-electron chi connectivity index (χ0n) is 13.0. The number of nitrogens with two attached hydrogens (primary N) is 1. The molecule has 0 aliphatic heterocycles. The van der Waals surface area contributed by atoms with E-state index in [-0.39, 0.29) is 31.1 Å². The van der Waals surface area contributed by atoms with Gasteiger partial charge in [0.2, 0.25) is 10.0 Å². The minimum Gasteiger partial charge on any atom is -0.329 e. The molecule has 0 saturated carbocycles. The molecule has 2 N–H and O–H groups in total. The molecule has 0 radical (unpaired) electrons. The van der Waals surface area contributed by atoms with Gasteiger partial charge in [-0.25, -0.2) is 8.42 Å². The molecule has 8 heteroatoms. The summed E-state index contributed by atoms with van der Waals surface area (Å²) in [5, 5.41) is 10.7. The van der Waals surface area contributed by atoms with E-state index < -0.39 is 14.9 Å². The highest BCUT2D eigenvalue weighted by Crippen LogP contribution is 2.17. The third-order valence-corrected chi connectivity index (χ3v) is 5.27. The van der Waals surface area contributed by atoms with E-state index >= 15 is 0 Å². The van der Waals surface area contributed by atoms with Gasteiger partial charge in [0.25, 0.3) is 5.69 Å². The topological polar surface area (TPSA) is 107 Å². The molecular formula is C16H19N3O4S. The van der Waals surface area contributed by atoms with Gasteiger partial charge in [-0.1, -0.05) is 42.5 Å². The second-order valence-corrected chi connectivity index (χ2v) is 7.26. The Kier molecular flexibility index (Phi) is 6.02. The van der Waals surface area contributed by atoms with Crippen molar-refractivity contribution < 1.29 is 13.3 Å². The van der Waals surface area contributed by atoms with Crippen LogP contribution in [-0.2, 0) is 22.3 Å². The van der Waals surface area contributed by atoms with Gasteiger partial charge in [-0.3, -0.25) is 10.1 Å². The quantitative estimate of drug-likeness (QED) is 0.578. The van der Waals surface area contributed by atoms with Crippen LogP contribution in [0.5, 0.6) is 0 Å². The summed E-state index contributed by atoms with van der Waals surface area (Å²) in [6.45, 7) is 0.671. The molecule has 0 saturated heterocycles. The highest BCUT2D eigenvalue weighted by Gasteiger charge is 2.22. The molecule has 24 heavy (non-hydrogen) atoms. The van der Waals surface area contributed by atoms with Crippen LogP contribution in [0.15, 0.2) is 54.6 Å². The van der Waals surface area contributed by atoms with Gasteiger partial charge in [0, 0.05) is 31.8 Å². The van der Waals surface area contributed by atoms with Gasteiger partial charge >= 0.3 is 0 Å². The maximum atomic E-state index is 12.6. The van der Waals surface area contributed by atoms with Crippen molar-refractivity contribution in [3.8, 4) is 0 Å². The Morgan fingerprint density at radius 2 is 1.62 bits per heavy atom. The molecule has 0 atom stereocenters. The lowest BCUT2D eigenvalue weighted by atomic mass is 10.2. The third-order valence-electron chi connectivity index (χ3n) is 3.47. The zero-order chi connectivity index (χ0) is 17.6. The van der Waals surface area contributed by atoms with Gasteiger partial charge in [0.1, 0.15) is 0 Å². The summed E-state index contributed by atoms with van der Waals surface area (Å²) < 4.78 is 26.6. The van der Waals surface area contributed by atoms with E-state index in [1.807, 2.05) is 30.3 Å². The Hall–Kier alpha value is -2.29. The Morgan fingerprint density at radius 1 is 1.00 bits per heavy atom. The van der Waals surface area contributed by atoms with Crippen molar-refractivity contribution in [3.05, 3.63) is 75.8 Å². The molecule has 0 unspecified atom stereocenters. The standard InChI is InChI=1S/C16H19N3O4S/c17-10-11-18(12-14-4-2-1-3-5-14)24(22,23)13-15-6-8-16(9-7-15)19(20)21/h1-9H,10-13,17H2. The number of hydrogen-bond donors (Lipinski definition) is 1. The van der Waals surface area contributed by atoms with Crippen LogP contribution in [0, 0.1) is 10.1 Å². The third kappa shape index (κ3) is 4.85. The normalized spacial score (nSPS) is 11.6. The first-order chi connectivity index (χ1) is 11.4. The van der Waals surface area contributed by atoms with E-state index in [0.29, 0.717) is 5.56 Å². The number of sulfonamides is 1. The summed E-state index contributed by atoms with van der Waals surface area (Å²) in [5.74, 6) is -0.224. The molecule has 0 aliphatic rings. The van der Waals surface area contributed by atoms with Crippen molar-refractivity contribution in [2.45, 2.75) is 12.3 Å². The van der Waals surface area contributed by atoms with Gasteiger partial charge < -0.3 is 5.73 Å². The molecule has 0 bridgehead atoms. The maximum absolute atomic E-state index is 12.6. The lowest BCUT2D eigenvalue weighted by Gasteiger charge is -2.21. The predicted octanol–water partition coefficient (Wildman–Crippen LogP) is 1.89. The summed E-state index contributed by atoms with van der Waals surface area (Å²) >= 11 is 0. The number of nitrogens with zero attached hydrogens (tertiary/aromatic N) is 2. The Bertz CT molecular complexity index is 777. The molecular weight excluding hydrogens is 330 g/mol. The fourth-order valence-electron chi connectivity index (χ4n) is 2.26. The van der Waals surface area contributed by atoms with Crippen molar-refractivity contribution in [2.24, 2.45) is 5.73 Å². The van der Waals surface area contributed by atoms with Gasteiger partial charge in [-0.15, -0.1) is 0 Å². The van der Waals surface area contributed by atoms with Crippen LogP contribution in [0.1, 0.15) is 11.1 Å². The number of nitro groups is 1. The van der Waals surface area contributed by atoms with Crippen LogP contribution in [0.4, 0.5) is 5.69 Å². The van der Waals surface area contributed by atoms with Gasteiger partial charge in [-0.05, 0) is 11.1 Å². The summed E-state index contributed by atoms with van der Waals surface area (Å²) in [7, 11) is -3.59. The van der Waals surface area contributed by atoms with E-state index in [0.717, 1.165) is 5.56 Å². The van der Waals surface area contributed by atoms with Crippen LogP contribution < -0.4 is 5.73 Å². The van der Waals surface area contributed by atoms with Crippen LogP contribution >= 0.6 is 0 Å². The zero-order valence-corrected chi connectivity index (χ0v) is 13.9. The molecule has 2 rings (SSSR count). The molecule has 7 nitrogen and oxygen atoms in total. The van der Waals surface area contributed by atoms with Gasteiger partial charge in [0.05, 0.1) is 10.7 Å². The second-order valence-electron chi connectivity index (χ2n) is 5.29. The lowest BCUT2D eigenvalue weighted by Crippen LogP contribution is -2.35. The minimum absolute atomic E-state index is 0.0701. The summed E-state index contributed by atoms with van der Waals surface area (Å²) in [4.78, 5) is 10.1. The van der Waals surface area contributed by atoms with Crippen molar-refractivity contribution in [3.63, 3.8) is 0 Å². The molecule has 0 spiro atoms. The molecule has 2 aromatic carbocycles. The lowest BCUT2D eigenvalue weighted by molar-refractivity contribution is -0.384. The monoisotopic (exact) mass is 349 g/mol. The maximum Gasteiger partial charge on any atom is 0.269 e. The largest absolute Gasteiger partial charge is 0.329 e. The SMILES string of the molecule is NCCN(Cc1ccccc1)S(=O)(=O)Cc1ccc([N+](=O)[O-])cc1.